The highest BCUT2D eigenvalue weighted by Crippen LogP contribution is 2.65. The number of nitrogens with one attached hydrogen (secondary N) is 1. The van der Waals surface area contributed by atoms with Crippen molar-refractivity contribution < 1.29 is 48.7 Å². The number of aliphatic hydroxyl groups is 1. The van der Waals surface area contributed by atoms with E-state index < -0.39 is 53.1 Å². The molecule has 0 aromatic heterocycles. The first kappa shape index (κ1) is 29.8. The highest BCUT2D eigenvalue weighted by atomic mass is 16.6. The lowest BCUT2D eigenvalue weighted by molar-refractivity contribution is -0.169. The Morgan fingerprint density at radius 2 is 1.88 bits per heavy atom. The minimum Gasteiger partial charge on any atom is -0.504 e. The summed E-state index contributed by atoms with van der Waals surface area (Å²) in [5.41, 5.74) is -0.335. The summed E-state index contributed by atoms with van der Waals surface area (Å²) >= 11 is 0. The Labute approximate surface area is 243 Å². The number of nitrogens with zero attached hydrogens (tertiary/aromatic N) is 1. The van der Waals surface area contributed by atoms with Crippen LogP contribution in [0.15, 0.2) is 24.0 Å². The number of amides is 1. The highest BCUT2D eigenvalue weighted by molar-refractivity contribution is 5.88. The van der Waals surface area contributed by atoms with Crippen molar-refractivity contribution in [3.05, 3.63) is 35.1 Å². The number of likely N-dealkylation sites (tertiary alicyclic amines) is 1. The molecule has 12 nitrogen and oxygen atoms in total. The van der Waals surface area contributed by atoms with E-state index >= 15 is 0 Å². The highest BCUT2D eigenvalue weighted by Gasteiger charge is 2.72. The van der Waals surface area contributed by atoms with Crippen molar-refractivity contribution in [2.45, 2.75) is 94.6 Å². The molecular weight excluding hydrogens is 548 g/mol. The average Bonchev–Trinajstić information content (AvgIpc) is 3.28. The van der Waals surface area contributed by atoms with Gasteiger partial charge in [0.1, 0.15) is 11.8 Å². The fourth-order valence-corrected chi connectivity index (χ4v) is 7.12. The number of rotatable bonds is 10. The number of carbonyl (C=O) groups excluding carboxylic acids is 3. The normalized spacial score (nSPS) is 28.6. The molecule has 12 heteroatoms. The predicted molar refractivity (Wildman–Crippen MR) is 146 cm³/mol. The zero-order valence-corrected chi connectivity index (χ0v) is 24.2. The van der Waals surface area contributed by atoms with Gasteiger partial charge >= 0.3 is 17.9 Å². The average molecular weight is 587 g/mol. The molecule has 228 valence electrons. The maximum atomic E-state index is 12.9. The lowest BCUT2D eigenvalue weighted by Gasteiger charge is -2.61. The number of benzene rings is 1. The monoisotopic (exact) mass is 586 g/mol. The van der Waals surface area contributed by atoms with E-state index in [-0.39, 0.29) is 49.2 Å². The van der Waals surface area contributed by atoms with E-state index in [1.165, 1.54) is 6.92 Å². The van der Waals surface area contributed by atoms with E-state index in [2.05, 4.69) is 10.2 Å². The summed E-state index contributed by atoms with van der Waals surface area (Å²) in [4.78, 5) is 51.2. The summed E-state index contributed by atoms with van der Waals surface area (Å²) in [7, 11) is 1.98. The van der Waals surface area contributed by atoms with Gasteiger partial charge in [-0.1, -0.05) is 19.9 Å². The molecule has 1 aromatic rings. The van der Waals surface area contributed by atoms with Crippen LogP contribution in [0.25, 0.3) is 0 Å². The van der Waals surface area contributed by atoms with Gasteiger partial charge in [-0.2, -0.15) is 0 Å². The molecule has 2 heterocycles. The van der Waals surface area contributed by atoms with Crippen LogP contribution in [0.4, 0.5) is 0 Å². The summed E-state index contributed by atoms with van der Waals surface area (Å²) in [5.74, 6) is -2.95. The van der Waals surface area contributed by atoms with Crippen LogP contribution in [0.3, 0.4) is 0 Å². The Morgan fingerprint density at radius 1 is 1.17 bits per heavy atom. The number of ether oxygens (including phenoxy) is 3. The van der Waals surface area contributed by atoms with Crippen LogP contribution in [0.5, 0.6) is 11.5 Å². The number of aliphatic carboxylic acids is 1. The molecule has 4 N–H and O–H groups in total. The van der Waals surface area contributed by atoms with Crippen LogP contribution in [0.1, 0.15) is 64.0 Å². The first-order valence-electron chi connectivity index (χ1n) is 14.4. The van der Waals surface area contributed by atoms with Gasteiger partial charge in [-0.15, -0.1) is 0 Å². The zero-order chi connectivity index (χ0) is 30.6. The number of phenols is 1. The number of piperidine rings is 1. The molecule has 5 rings (SSSR count). The van der Waals surface area contributed by atoms with E-state index in [4.69, 9.17) is 14.2 Å². The molecule has 0 radical (unpaired) electrons. The lowest BCUT2D eigenvalue weighted by atomic mass is 9.50. The van der Waals surface area contributed by atoms with E-state index in [0.29, 0.717) is 25.1 Å². The lowest BCUT2D eigenvalue weighted by Crippen LogP contribution is -2.74. The van der Waals surface area contributed by atoms with Crippen LogP contribution < -0.4 is 10.1 Å². The van der Waals surface area contributed by atoms with Gasteiger partial charge in [0.25, 0.3) is 5.91 Å². The van der Waals surface area contributed by atoms with Crippen molar-refractivity contribution >= 4 is 23.8 Å². The van der Waals surface area contributed by atoms with Gasteiger partial charge in [0.05, 0.1) is 23.9 Å². The van der Waals surface area contributed by atoms with Gasteiger partial charge in [-0.25, -0.2) is 4.79 Å². The predicted octanol–water partition coefficient (Wildman–Crippen LogP) is 1.54. The second-order valence-electron chi connectivity index (χ2n) is 12.2. The number of hydrogen-bond acceptors (Lipinski definition) is 10. The summed E-state index contributed by atoms with van der Waals surface area (Å²) in [6, 6.07) is 2.15. The van der Waals surface area contributed by atoms with E-state index in [9.17, 15) is 34.5 Å². The summed E-state index contributed by atoms with van der Waals surface area (Å²) in [6.45, 7) is 5.66. The molecule has 2 bridgehead atoms. The number of aromatic hydroxyl groups is 1. The van der Waals surface area contributed by atoms with E-state index in [0.717, 1.165) is 11.1 Å². The van der Waals surface area contributed by atoms with E-state index in [1.807, 2.05) is 27.0 Å². The molecule has 2 aliphatic heterocycles. The number of carboxylic acids is 1. The Bertz CT molecular complexity index is 1340. The number of carbonyl (C=O) groups is 4. The van der Waals surface area contributed by atoms with E-state index in [1.54, 1.807) is 12.1 Å². The maximum absolute atomic E-state index is 12.9. The molecule has 2 aliphatic carbocycles. The molecular formula is C30H38N2O10. The third kappa shape index (κ3) is 4.80. The minimum absolute atomic E-state index is 0.0264. The third-order valence-corrected chi connectivity index (χ3v) is 9.12. The Morgan fingerprint density at radius 3 is 2.57 bits per heavy atom. The molecule has 1 saturated heterocycles. The first-order chi connectivity index (χ1) is 19.8. The molecule has 6 atom stereocenters. The third-order valence-electron chi connectivity index (χ3n) is 9.12. The second kappa shape index (κ2) is 10.9. The van der Waals surface area contributed by atoms with Crippen molar-refractivity contribution in [3.8, 4) is 11.5 Å². The standard InChI is InChI=1S/C30H38N2O10/c1-15(2)13-18(28(37)38)31-27(36)16(3)40-22(34)7-8-23(35)41-20-9-10-30(39)21-14-17-5-6-19(33)25-24(17)29(30,26(20)42-25)11-12-32(21)4/h5-6,9,15-16,18,21,26,33,39H,7-8,10-14H2,1-4H3,(H,31,36)(H,37,38)/t16-,18-,21+,26-,29-,30+/m0/s1. The van der Waals surface area contributed by atoms with Crippen molar-refractivity contribution in [2.24, 2.45) is 5.92 Å². The SMILES string of the molecule is CC(C)C[C@H](NC(=O)[C@H](C)OC(=O)CCC(=O)OC1=CC[C@@]2(O)[C@H]3Cc4ccc(O)c5c4[C@@]2(CCN3C)[C@H]1O5)C(=O)O. The summed E-state index contributed by atoms with van der Waals surface area (Å²) in [5, 5.41) is 34.5. The number of likely N-dealkylation sites (N-methyl/N-ethyl adjacent to an activating group) is 1. The van der Waals surface area contributed by atoms with Gasteiger partial charge in [-0.3, -0.25) is 14.4 Å². The number of hydrogen-bond donors (Lipinski definition) is 4. The smallest absolute Gasteiger partial charge is 0.326 e. The van der Waals surface area contributed by atoms with Crippen molar-refractivity contribution in [1.82, 2.24) is 10.2 Å². The van der Waals surface area contributed by atoms with Crippen LogP contribution >= 0.6 is 0 Å². The summed E-state index contributed by atoms with van der Waals surface area (Å²) < 4.78 is 17.1. The number of carboxylic acid groups (broad SMARTS) is 1. The minimum atomic E-state index is -1.25. The Kier molecular flexibility index (Phi) is 7.73. The second-order valence-corrected chi connectivity index (χ2v) is 12.2. The topological polar surface area (TPSA) is 172 Å². The van der Waals surface area contributed by atoms with Gasteiger partial charge in [-0.05, 0) is 63.4 Å². The van der Waals surface area contributed by atoms with Crippen LogP contribution in [-0.4, -0.2) is 87.5 Å². The Balaban J connectivity index is 1.23. The Hall–Kier alpha value is -3.64. The van der Waals surface area contributed by atoms with Gasteiger partial charge in [0.15, 0.2) is 23.7 Å². The van der Waals surface area contributed by atoms with Crippen LogP contribution in [-0.2, 0) is 40.5 Å². The summed E-state index contributed by atoms with van der Waals surface area (Å²) in [6.07, 6.45) is 0.443. The fraction of sp³-hybridized carbons (Fsp3) is 0.600. The molecule has 4 aliphatic rings. The number of phenolic OH excluding ortho intramolecular Hbond substituents is 1. The largest absolute Gasteiger partial charge is 0.504 e. The number of esters is 2. The van der Waals surface area contributed by atoms with Gasteiger partial charge < -0.3 is 39.7 Å². The molecule has 1 spiro atoms. The van der Waals surface area contributed by atoms with Crippen molar-refractivity contribution in [2.75, 3.05) is 13.6 Å². The van der Waals surface area contributed by atoms with Crippen LogP contribution in [0, 0.1) is 5.92 Å². The fourth-order valence-electron chi connectivity index (χ4n) is 7.12. The first-order valence-corrected chi connectivity index (χ1v) is 14.4. The van der Waals surface area contributed by atoms with Gasteiger partial charge in [0.2, 0.25) is 0 Å². The van der Waals surface area contributed by atoms with Crippen molar-refractivity contribution in [3.63, 3.8) is 0 Å². The maximum Gasteiger partial charge on any atom is 0.326 e. The quantitative estimate of drug-likeness (QED) is 0.293. The van der Waals surface area contributed by atoms with Crippen molar-refractivity contribution in [1.29, 1.82) is 0 Å². The molecule has 1 amide bonds. The molecule has 42 heavy (non-hydrogen) atoms. The zero-order valence-electron chi connectivity index (χ0n) is 24.2. The molecule has 0 saturated carbocycles. The molecule has 1 fully saturated rings. The van der Waals surface area contributed by atoms with Gasteiger partial charge in [0, 0.05) is 18.0 Å². The van der Waals surface area contributed by atoms with Crippen LogP contribution in [0.2, 0.25) is 0 Å². The molecule has 1 aromatic carbocycles. The molecule has 0 unspecified atom stereocenters.